The Kier molecular flexibility index (Phi) is 6.18. The molecule has 0 bridgehead atoms. The third-order valence-corrected chi connectivity index (χ3v) is 4.07. The van der Waals surface area contributed by atoms with Crippen LogP contribution in [0.5, 0.6) is 5.75 Å². The number of nitrogens with zero attached hydrogens (tertiary/aromatic N) is 1. The molecule has 0 aliphatic rings. The normalized spacial score (nSPS) is 10.7. The fourth-order valence-electron chi connectivity index (χ4n) is 2.36. The van der Waals surface area contributed by atoms with Crippen LogP contribution in [-0.4, -0.2) is 12.1 Å². The quantitative estimate of drug-likeness (QED) is 0.490. The Morgan fingerprint density at radius 1 is 1.07 bits per heavy atom. The smallest absolute Gasteiger partial charge is 0.275 e. The Morgan fingerprint density at radius 3 is 2.67 bits per heavy atom. The van der Waals surface area contributed by atoms with Gasteiger partial charge in [-0.25, -0.2) is 9.82 Å². The first-order chi connectivity index (χ1) is 13.1. The van der Waals surface area contributed by atoms with E-state index < -0.39 is 5.91 Å². The van der Waals surface area contributed by atoms with Crippen LogP contribution in [0.4, 0.5) is 4.39 Å². The van der Waals surface area contributed by atoms with Crippen molar-refractivity contribution >= 4 is 23.7 Å². The van der Waals surface area contributed by atoms with Crippen LogP contribution in [-0.2, 0) is 6.61 Å². The number of benzene rings is 3. The minimum absolute atomic E-state index is 0.233. The molecule has 136 valence electrons. The number of amides is 1. The average molecular weight is 383 g/mol. The number of halogens is 2. The van der Waals surface area contributed by atoms with E-state index in [0.29, 0.717) is 21.9 Å². The molecule has 3 aromatic rings. The highest BCUT2D eigenvalue weighted by Crippen LogP contribution is 2.22. The lowest BCUT2D eigenvalue weighted by Crippen LogP contribution is -2.18. The SMILES string of the molecule is O=C(N/N=C/c1cccc(F)c1)c1ccccc1OCc1ccccc1Cl. The summed E-state index contributed by atoms with van der Waals surface area (Å²) in [6.45, 7) is 0.233. The van der Waals surface area contributed by atoms with Crippen molar-refractivity contribution in [3.63, 3.8) is 0 Å². The van der Waals surface area contributed by atoms with Crippen LogP contribution in [0.15, 0.2) is 77.9 Å². The molecule has 3 aromatic carbocycles. The number of hydrogen-bond acceptors (Lipinski definition) is 3. The molecule has 0 spiro atoms. The Morgan fingerprint density at radius 2 is 1.85 bits per heavy atom. The highest BCUT2D eigenvalue weighted by Gasteiger charge is 2.12. The van der Waals surface area contributed by atoms with Crippen molar-refractivity contribution in [2.75, 3.05) is 0 Å². The van der Waals surface area contributed by atoms with E-state index in [9.17, 15) is 9.18 Å². The summed E-state index contributed by atoms with van der Waals surface area (Å²) in [5.74, 6) is -0.392. The third kappa shape index (κ3) is 5.15. The molecule has 0 saturated carbocycles. The highest BCUT2D eigenvalue weighted by atomic mass is 35.5. The lowest BCUT2D eigenvalue weighted by Gasteiger charge is -2.11. The van der Waals surface area contributed by atoms with Crippen molar-refractivity contribution < 1.29 is 13.9 Å². The van der Waals surface area contributed by atoms with Crippen molar-refractivity contribution in [3.8, 4) is 5.75 Å². The van der Waals surface area contributed by atoms with Gasteiger partial charge in [-0.2, -0.15) is 5.10 Å². The summed E-state index contributed by atoms with van der Waals surface area (Å²) in [5, 5.41) is 4.46. The van der Waals surface area contributed by atoms with Gasteiger partial charge in [-0.3, -0.25) is 4.79 Å². The monoisotopic (exact) mass is 382 g/mol. The maximum absolute atomic E-state index is 13.1. The van der Waals surface area contributed by atoms with Gasteiger partial charge < -0.3 is 4.74 Å². The molecular formula is C21H16ClFN2O2. The van der Waals surface area contributed by atoms with E-state index in [1.54, 1.807) is 42.5 Å². The number of ether oxygens (including phenoxy) is 1. The van der Waals surface area contributed by atoms with Crippen LogP contribution in [0.1, 0.15) is 21.5 Å². The van der Waals surface area contributed by atoms with Gasteiger partial charge >= 0.3 is 0 Å². The van der Waals surface area contributed by atoms with Gasteiger partial charge in [-0.05, 0) is 35.9 Å². The number of hydrazone groups is 1. The van der Waals surface area contributed by atoms with E-state index in [0.717, 1.165) is 5.56 Å². The predicted molar refractivity (Wildman–Crippen MR) is 104 cm³/mol. The van der Waals surface area contributed by atoms with Crippen LogP contribution in [0.3, 0.4) is 0 Å². The summed E-state index contributed by atoms with van der Waals surface area (Å²) >= 11 is 6.13. The van der Waals surface area contributed by atoms with E-state index in [4.69, 9.17) is 16.3 Å². The van der Waals surface area contributed by atoms with Crippen LogP contribution < -0.4 is 10.2 Å². The summed E-state index contributed by atoms with van der Waals surface area (Å²) in [5.41, 5.74) is 4.11. The number of carbonyl (C=O) groups excluding carboxylic acids is 1. The highest BCUT2D eigenvalue weighted by molar-refractivity contribution is 6.31. The summed E-state index contributed by atoms with van der Waals surface area (Å²) < 4.78 is 18.9. The zero-order chi connectivity index (χ0) is 19.1. The fourth-order valence-corrected chi connectivity index (χ4v) is 2.55. The molecule has 6 heteroatoms. The lowest BCUT2D eigenvalue weighted by atomic mass is 10.2. The minimum Gasteiger partial charge on any atom is -0.488 e. The lowest BCUT2D eigenvalue weighted by molar-refractivity contribution is 0.0950. The molecule has 0 radical (unpaired) electrons. The van der Waals surface area contributed by atoms with Gasteiger partial charge in [0.25, 0.3) is 5.91 Å². The zero-order valence-electron chi connectivity index (χ0n) is 14.2. The van der Waals surface area contributed by atoms with Crippen molar-refractivity contribution in [2.24, 2.45) is 5.10 Å². The van der Waals surface area contributed by atoms with E-state index in [-0.39, 0.29) is 12.4 Å². The van der Waals surface area contributed by atoms with Gasteiger partial charge in [0.15, 0.2) is 0 Å². The fraction of sp³-hybridized carbons (Fsp3) is 0.0476. The second kappa shape index (κ2) is 8.96. The number of hydrogen-bond donors (Lipinski definition) is 1. The van der Waals surface area contributed by atoms with Crippen molar-refractivity contribution in [1.29, 1.82) is 0 Å². The molecule has 0 unspecified atom stereocenters. The number of nitrogens with one attached hydrogen (secondary N) is 1. The molecule has 0 aliphatic carbocycles. The molecule has 27 heavy (non-hydrogen) atoms. The first kappa shape index (κ1) is 18.6. The molecule has 0 fully saturated rings. The molecule has 0 atom stereocenters. The topological polar surface area (TPSA) is 50.7 Å². The predicted octanol–water partition coefficient (Wildman–Crippen LogP) is 4.82. The third-order valence-electron chi connectivity index (χ3n) is 3.70. The molecule has 3 rings (SSSR count). The van der Waals surface area contributed by atoms with E-state index in [1.165, 1.54) is 18.3 Å². The van der Waals surface area contributed by atoms with E-state index in [2.05, 4.69) is 10.5 Å². The molecule has 1 N–H and O–H groups in total. The number of rotatable bonds is 6. The average Bonchev–Trinajstić information content (AvgIpc) is 2.67. The minimum atomic E-state index is -0.433. The van der Waals surface area contributed by atoms with Crippen LogP contribution in [0.25, 0.3) is 0 Å². The number of para-hydroxylation sites is 1. The van der Waals surface area contributed by atoms with Crippen molar-refractivity contribution in [2.45, 2.75) is 6.61 Å². The first-order valence-corrected chi connectivity index (χ1v) is 8.55. The van der Waals surface area contributed by atoms with Gasteiger partial charge in [0.2, 0.25) is 0 Å². The first-order valence-electron chi connectivity index (χ1n) is 8.17. The van der Waals surface area contributed by atoms with Crippen molar-refractivity contribution in [3.05, 3.63) is 100 Å². The summed E-state index contributed by atoms with van der Waals surface area (Å²) in [6.07, 6.45) is 1.37. The molecular weight excluding hydrogens is 367 g/mol. The Labute approximate surface area is 161 Å². The van der Waals surface area contributed by atoms with Crippen LogP contribution >= 0.6 is 11.6 Å². The zero-order valence-corrected chi connectivity index (χ0v) is 15.0. The molecule has 1 amide bonds. The largest absolute Gasteiger partial charge is 0.488 e. The Balaban J connectivity index is 1.67. The molecule has 0 heterocycles. The Bertz CT molecular complexity index is 976. The molecule has 0 aliphatic heterocycles. The second-order valence-corrected chi connectivity index (χ2v) is 6.04. The maximum Gasteiger partial charge on any atom is 0.275 e. The van der Waals surface area contributed by atoms with E-state index in [1.807, 2.05) is 18.2 Å². The molecule has 0 aromatic heterocycles. The molecule has 4 nitrogen and oxygen atoms in total. The van der Waals surface area contributed by atoms with Gasteiger partial charge in [0, 0.05) is 10.6 Å². The van der Waals surface area contributed by atoms with Crippen LogP contribution in [0, 0.1) is 5.82 Å². The summed E-state index contributed by atoms with van der Waals surface area (Å²) in [4.78, 5) is 12.4. The maximum atomic E-state index is 13.1. The summed E-state index contributed by atoms with van der Waals surface area (Å²) in [7, 11) is 0. The Hall–Kier alpha value is -3.18. The number of carbonyl (C=O) groups is 1. The van der Waals surface area contributed by atoms with Gasteiger partial charge in [0.05, 0.1) is 11.8 Å². The van der Waals surface area contributed by atoms with E-state index >= 15 is 0 Å². The summed E-state index contributed by atoms with van der Waals surface area (Å²) in [6, 6.07) is 20.1. The standard InChI is InChI=1S/C21H16ClFN2O2/c22-19-10-3-1-7-16(19)14-27-20-11-4-2-9-18(20)21(26)25-24-13-15-6-5-8-17(23)12-15/h1-13H,14H2,(H,25,26)/b24-13+. The molecule has 0 saturated heterocycles. The van der Waals surface area contributed by atoms with Gasteiger partial charge in [-0.15, -0.1) is 0 Å². The second-order valence-electron chi connectivity index (χ2n) is 5.63. The van der Waals surface area contributed by atoms with Crippen LogP contribution in [0.2, 0.25) is 5.02 Å². The van der Waals surface area contributed by atoms with Gasteiger partial charge in [0.1, 0.15) is 18.2 Å². The van der Waals surface area contributed by atoms with Gasteiger partial charge in [-0.1, -0.05) is 54.1 Å². The van der Waals surface area contributed by atoms with Crippen molar-refractivity contribution in [1.82, 2.24) is 5.43 Å².